The molecule has 0 radical (unpaired) electrons. The van der Waals surface area contributed by atoms with Crippen LogP contribution in [0.4, 0.5) is 4.72 Å². The van der Waals surface area contributed by atoms with Crippen LogP contribution in [0.2, 0.25) is 0 Å². The van der Waals surface area contributed by atoms with Gasteiger partial charge < -0.3 is 10.1 Å². The van der Waals surface area contributed by atoms with E-state index in [1.807, 2.05) is 83.8 Å². The number of nitrogens with zero attached hydrogens (tertiary/aromatic N) is 2. The van der Waals surface area contributed by atoms with Gasteiger partial charge in [0.25, 0.3) is 1.45 Å². The predicted molar refractivity (Wildman–Crippen MR) is 165 cm³/mol. The first-order valence-corrected chi connectivity index (χ1v) is 14.0. The standard InChI is InChI=1S/C33H41N3O3.CH4.FH/c1-24(2)36(25(3)4)20-18-34-33(38)32-30-16-15-29(39-23-26-11-7-5-8-12-26)21-28(30)17-19-35(32)22-31(37)27-13-9-6-10-14-27;;/h5-16,21,24-25,32H,17-20,22-23H2,1-4H3,(H,34,38);1H4;1H/i/hT. The third-order valence-corrected chi connectivity index (χ3v) is 7.38. The van der Waals surface area contributed by atoms with Crippen LogP contribution in [0.15, 0.2) is 78.9 Å². The number of halogens is 1. The van der Waals surface area contributed by atoms with Gasteiger partial charge in [0.2, 0.25) is 5.91 Å². The molecule has 1 atom stereocenters. The molecule has 3 aromatic rings. The van der Waals surface area contributed by atoms with E-state index in [0.717, 1.165) is 35.4 Å². The van der Waals surface area contributed by atoms with Crippen molar-refractivity contribution in [3.8, 4) is 5.75 Å². The Morgan fingerprint density at radius 3 is 2.27 bits per heavy atom. The highest BCUT2D eigenvalue weighted by atomic mass is 19.0. The second-order valence-electron chi connectivity index (χ2n) is 10.8. The number of hydrogen-bond donors (Lipinski definition) is 1. The highest BCUT2D eigenvalue weighted by Crippen LogP contribution is 2.33. The van der Waals surface area contributed by atoms with Gasteiger partial charge in [0, 0.05) is 37.3 Å². The van der Waals surface area contributed by atoms with E-state index < -0.39 is 6.04 Å². The van der Waals surface area contributed by atoms with Gasteiger partial charge in [-0.1, -0.05) is 74.2 Å². The van der Waals surface area contributed by atoms with Crippen LogP contribution >= 0.6 is 0 Å². The van der Waals surface area contributed by atoms with E-state index in [2.05, 4.69) is 39.4 Å². The van der Waals surface area contributed by atoms with Crippen molar-refractivity contribution in [2.75, 3.05) is 26.2 Å². The lowest BCUT2D eigenvalue weighted by Crippen LogP contribution is -2.48. The van der Waals surface area contributed by atoms with Gasteiger partial charge in [0.15, 0.2) is 5.78 Å². The number of hydrogen-bond acceptors (Lipinski definition) is 5. The maximum atomic E-state index is 13.7. The summed E-state index contributed by atoms with van der Waals surface area (Å²) in [7, 11) is 0. The normalized spacial score (nSPS) is 14.8. The molecule has 7 heteroatoms. The molecular weight excluding hydrogens is 517 g/mol. The molecule has 0 saturated heterocycles. The predicted octanol–water partition coefficient (Wildman–Crippen LogP) is 6.07. The first-order valence-electron chi connectivity index (χ1n) is 14.4. The van der Waals surface area contributed by atoms with E-state index in [4.69, 9.17) is 9.45 Å². The Balaban J connectivity index is 0.00000201. The van der Waals surface area contributed by atoms with Gasteiger partial charge in [-0.2, -0.15) is 0 Å². The molecule has 6 nitrogen and oxygen atoms in total. The lowest BCUT2D eigenvalue weighted by molar-refractivity contribution is -0.127. The summed E-state index contributed by atoms with van der Waals surface area (Å²) < 4.78 is 19.1. The smallest absolute Gasteiger partial charge is 0.269 e. The van der Waals surface area contributed by atoms with Crippen LogP contribution < -0.4 is 10.1 Å². The molecule has 0 aromatic heterocycles. The second kappa shape index (κ2) is 16.0. The van der Waals surface area contributed by atoms with E-state index >= 15 is 0 Å². The third kappa shape index (κ3) is 8.97. The largest absolute Gasteiger partial charge is 0.489 e. The molecule has 0 spiro atoms. The van der Waals surface area contributed by atoms with Crippen LogP contribution in [0.1, 0.15) is 68.2 Å². The van der Waals surface area contributed by atoms with Gasteiger partial charge in [-0.25, -0.2) is 0 Å². The van der Waals surface area contributed by atoms with Crippen molar-refractivity contribution in [1.82, 2.24) is 15.1 Å². The zero-order valence-corrected chi connectivity index (χ0v) is 24.0. The molecule has 0 aliphatic carbocycles. The number of amides is 1. The maximum Gasteiger partial charge on any atom is 0.269 e. The van der Waals surface area contributed by atoms with Crippen LogP contribution in [-0.2, 0) is 17.8 Å². The third-order valence-electron chi connectivity index (χ3n) is 7.38. The van der Waals surface area contributed by atoms with Gasteiger partial charge in [0.1, 0.15) is 18.4 Å². The van der Waals surface area contributed by atoms with Crippen LogP contribution in [0, 0.1) is 0 Å². The summed E-state index contributed by atoms with van der Waals surface area (Å²) in [6.45, 7) is 11.3. The Hall–Kier alpha value is -3.55. The number of ether oxygens (including phenoxy) is 1. The van der Waals surface area contributed by atoms with Gasteiger partial charge >= 0.3 is 0 Å². The number of Topliss-reactive ketones (excluding diaryl/α,β-unsaturated/α-hetero) is 1. The lowest BCUT2D eigenvalue weighted by atomic mass is 9.91. The van der Waals surface area contributed by atoms with E-state index in [1.165, 1.54) is 0 Å². The molecule has 1 unspecified atom stereocenters. The molecule has 1 amide bonds. The Bertz CT molecular complexity index is 1230. The molecule has 1 heterocycles. The van der Waals surface area contributed by atoms with Gasteiger partial charge in [-0.3, -0.25) is 24.1 Å². The minimum Gasteiger partial charge on any atom is -0.489 e. The fraction of sp³-hybridized carbons (Fsp3) is 0.412. The fourth-order valence-corrected chi connectivity index (χ4v) is 5.38. The van der Waals surface area contributed by atoms with Crippen LogP contribution in [-0.4, -0.2) is 61.2 Å². The van der Waals surface area contributed by atoms with Gasteiger partial charge in [-0.05, 0) is 62.9 Å². The number of carbonyl (C=O) groups is 2. The summed E-state index contributed by atoms with van der Waals surface area (Å²) in [6, 6.07) is 25.6. The molecule has 0 bridgehead atoms. The zero-order chi connectivity index (χ0) is 29.8. The van der Waals surface area contributed by atoms with E-state index in [-0.39, 0.29) is 25.7 Å². The van der Waals surface area contributed by atoms with E-state index in [9.17, 15) is 9.59 Å². The monoisotopic (exact) mass is 565 g/mol. The Morgan fingerprint density at radius 1 is 1.00 bits per heavy atom. The summed E-state index contributed by atoms with van der Waals surface area (Å²) in [5.41, 5.74) is 3.80. The average Bonchev–Trinajstić information content (AvgIpc) is 2.99. The van der Waals surface area contributed by atoms with Crippen molar-refractivity contribution < 1.29 is 19.0 Å². The minimum absolute atomic E-state index is 0. The molecule has 3 aromatic carbocycles. The van der Waals surface area contributed by atoms with Crippen LogP contribution in [0.5, 0.6) is 5.75 Å². The average molecular weight is 566 g/mol. The SMILES string of the molecule is C.CC(C)N(CCNC(=O)C1c2ccc(OCc3ccccc3)cc2CCN1CC(=O)c1ccccc1)C(C)C.[3H]F. The molecule has 1 N–H and O–H groups in total. The number of benzene rings is 3. The van der Waals surface area contributed by atoms with Gasteiger partial charge in [-0.15, -0.1) is 0 Å². The molecule has 0 saturated carbocycles. The highest BCUT2D eigenvalue weighted by molar-refractivity contribution is 5.98. The topological polar surface area (TPSA) is 61.9 Å². The molecule has 1 aliphatic rings. The first-order chi connectivity index (χ1) is 19.8. The molecule has 41 heavy (non-hydrogen) atoms. The second-order valence-corrected chi connectivity index (χ2v) is 10.8. The number of fused-ring (bicyclic) bond motifs is 1. The maximum absolute atomic E-state index is 13.7. The first kappa shape index (κ1) is 32.0. The quantitative estimate of drug-likeness (QED) is 0.270. The van der Waals surface area contributed by atoms with Crippen molar-refractivity contribution >= 4 is 11.7 Å². The minimum atomic E-state index is -0.531. The van der Waals surface area contributed by atoms with E-state index in [0.29, 0.717) is 37.3 Å². The lowest BCUT2D eigenvalue weighted by Gasteiger charge is -2.36. The van der Waals surface area contributed by atoms with Crippen molar-refractivity contribution in [2.45, 2.75) is 66.3 Å². The summed E-state index contributed by atoms with van der Waals surface area (Å²) >= 11 is 0. The molecule has 222 valence electrons. The summed E-state index contributed by atoms with van der Waals surface area (Å²) in [6.07, 6.45) is 0.748. The Kier molecular flexibility index (Phi) is 12.5. The molecular formula is C34H46FN3O3. The Labute approximate surface area is 246 Å². The number of nitrogens with one attached hydrogen (secondary N) is 1. The number of carbonyl (C=O) groups excluding carboxylic acids is 2. The van der Waals surface area contributed by atoms with Crippen molar-refractivity contribution in [2.24, 2.45) is 0 Å². The van der Waals surface area contributed by atoms with E-state index in [1.54, 1.807) is 0 Å². The van der Waals surface area contributed by atoms with Crippen LogP contribution in [0.25, 0.3) is 0 Å². The number of ketones is 1. The van der Waals surface area contributed by atoms with Crippen molar-refractivity contribution in [3.05, 3.63) is 101 Å². The van der Waals surface area contributed by atoms with Crippen molar-refractivity contribution in [3.63, 3.8) is 0 Å². The fourth-order valence-electron chi connectivity index (χ4n) is 5.38. The molecule has 0 fully saturated rings. The van der Waals surface area contributed by atoms with Crippen molar-refractivity contribution in [1.29, 1.82) is 1.45 Å². The Morgan fingerprint density at radius 2 is 1.63 bits per heavy atom. The number of rotatable bonds is 12. The summed E-state index contributed by atoms with van der Waals surface area (Å²) in [4.78, 5) is 31.2. The summed E-state index contributed by atoms with van der Waals surface area (Å²) in [5.74, 6) is 0.739. The molecule has 1 aliphatic heterocycles. The van der Waals surface area contributed by atoms with Gasteiger partial charge in [0.05, 0.1) is 6.54 Å². The summed E-state index contributed by atoms with van der Waals surface area (Å²) in [5, 5.41) is 3.17. The molecule has 4 rings (SSSR count). The van der Waals surface area contributed by atoms with Crippen LogP contribution in [0.3, 0.4) is 0 Å². The highest BCUT2D eigenvalue weighted by Gasteiger charge is 2.34. The zero-order valence-electron chi connectivity index (χ0n) is 25.0.